The van der Waals surface area contributed by atoms with Crippen LogP contribution in [-0.2, 0) is 6.54 Å². The summed E-state index contributed by atoms with van der Waals surface area (Å²) in [5.74, 6) is 1.68. The molecule has 22 heavy (non-hydrogen) atoms. The molecule has 1 atom stereocenters. The summed E-state index contributed by atoms with van der Waals surface area (Å²) in [6, 6.07) is 12.1. The fraction of sp³-hybridized carbons (Fsp3) is 0.294. The lowest BCUT2D eigenvalue weighted by molar-refractivity contribution is 0.252. The minimum Gasteiger partial charge on any atom is -0.496 e. The maximum Gasteiger partial charge on any atom is 0.142 e. The van der Waals surface area contributed by atoms with Crippen LogP contribution in [0.3, 0.4) is 0 Å². The van der Waals surface area contributed by atoms with Gasteiger partial charge in [0.15, 0.2) is 0 Å². The summed E-state index contributed by atoms with van der Waals surface area (Å²) in [4.78, 5) is 0. The van der Waals surface area contributed by atoms with Gasteiger partial charge in [-0.05, 0) is 24.3 Å². The molecular weight excluding hydrogens is 366 g/mol. The van der Waals surface area contributed by atoms with E-state index in [0.29, 0.717) is 11.6 Å². The van der Waals surface area contributed by atoms with Crippen molar-refractivity contribution >= 4 is 27.5 Å². The molecule has 116 valence electrons. The van der Waals surface area contributed by atoms with Crippen LogP contribution in [-0.4, -0.2) is 13.7 Å². The normalized spacial score (nSPS) is 16.8. The Morgan fingerprint density at radius 2 is 2.23 bits per heavy atom. The number of methoxy groups -OCH3 is 1. The third-order valence-corrected chi connectivity index (χ3v) is 4.60. The minimum atomic E-state index is 0.228. The lowest BCUT2D eigenvalue weighted by Crippen LogP contribution is -2.27. The molecule has 0 bridgehead atoms. The standard InChI is InChI=1S/C17H17BrClNO2/c1-21-16-6-5-12(18)9-11(16)10-20-15-7-8-22-17-13(15)3-2-4-14(17)19/h2-6,9,15,20H,7-8,10H2,1H3. The van der Waals surface area contributed by atoms with E-state index in [-0.39, 0.29) is 6.04 Å². The number of para-hydroxylation sites is 1. The second-order valence-electron chi connectivity index (χ2n) is 5.18. The van der Waals surface area contributed by atoms with Crippen molar-refractivity contribution in [1.29, 1.82) is 0 Å². The SMILES string of the molecule is COc1ccc(Br)cc1CNC1CCOc2c(Cl)cccc21. The van der Waals surface area contributed by atoms with Crippen LogP contribution < -0.4 is 14.8 Å². The number of fused-ring (bicyclic) bond motifs is 1. The van der Waals surface area contributed by atoms with Crippen molar-refractivity contribution < 1.29 is 9.47 Å². The molecule has 0 amide bonds. The summed E-state index contributed by atoms with van der Waals surface area (Å²) >= 11 is 9.72. The van der Waals surface area contributed by atoms with Gasteiger partial charge in [-0.3, -0.25) is 0 Å². The van der Waals surface area contributed by atoms with Gasteiger partial charge in [0.2, 0.25) is 0 Å². The van der Waals surface area contributed by atoms with Gasteiger partial charge in [0, 0.05) is 34.6 Å². The Hall–Kier alpha value is -1.23. The molecule has 2 aromatic carbocycles. The fourth-order valence-electron chi connectivity index (χ4n) is 2.72. The molecule has 1 aliphatic rings. The van der Waals surface area contributed by atoms with E-state index in [2.05, 4.69) is 33.4 Å². The highest BCUT2D eigenvalue weighted by Gasteiger charge is 2.23. The molecule has 1 unspecified atom stereocenters. The quantitative estimate of drug-likeness (QED) is 0.829. The Morgan fingerprint density at radius 3 is 3.05 bits per heavy atom. The van der Waals surface area contributed by atoms with Crippen molar-refractivity contribution in [2.75, 3.05) is 13.7 Å². The molecule has 5 heteroatoms. The molecule has 1 heterocycles. The van der Waals surface area contributed by atoms with Crippen molar-refractivity contribution in [3.8, 4) is 11.5 Å². The first-order valence-corrected chi connectivity index (χ1v) is 8.33. The maximum absolute atomic E-state index is 6.21. The molecule has 0 radical (unpaired) electrons. The van der Waals surface area contributed by atoms with Crippen LogP contribution in [0.1, 0.15) is 23.6 Å². The lowest BCUT2D eigenvalue weighted by Gasteiger charge is -2.27. The summed E-state index contributed by atoms with van der Waals surface area (Å²) in [5, 5.41) is 4.25. The molecule has 0 aliphatic carbocycles. The molecule has 3 rings (SSSR count). The van der Waals surface area contributed by atoms with Crippen molar-refractivity contribution in [3.05, 3.63) is 57.0 Å². The Morgan fingerprint density at radius 1 is 1.36 bits per heavy atom. The monoisotopic (exact) mass is 381 g/mol. The molecule has 3 nitrogen and oxygen atoms in total. The van der Waals surface area contributed by atoms with Crippen molar-refractivity contribution in [2.45, 2.75) is 19.0 Å². The van der Waals surface area contributed by atoms with Crippen LogP contribution in [0.25, 0.3) is 0 Å². The van der Waals surface area contributed by atoms with Crippen LogP contribution in [0, 0.1) is 0 Å². The molecule has 1 N–H and O–H groups in total. The van der Waals surface area contributed by atoms with Crippen LogP contribution in [0.15, 0.2) is 40.9 Å². The smallest absolute Gasteiger partial charge is 0.142 e. The van der Waals surface area contributed by atoms with Crippen LogP contribution in [0.4, 0.5) is 0 Å². The number of halogens is 2. The average Bonchev–Trinajstić information content (AvgIpc) is 2.53. The van der Waals surface area contributed by atoms with E-state index in [4.69, 9.17) is 21.1 Å². The minimum absolute atomic E-state index is 0.228. The first-order valence-electron chi connectivity index (χ1n) is 7.16. The molecule has 1 aliphatic heterocycles. The van der Waals surface area contributed by atoms with Gasteiger partial charge in [0.05, 0.1) is 18.7 Å². The van der Waals surface area contributed by atoms with Gasteiger partial charge in [0.1, 0.15) is 11.5 Å². The topological polar surface area (TPSA) is 30.5 Å². The molecule has 0 saturated carbocycles. The molecule has 0 aromatic heterocycles. The zero-order valence-electron chi connectivity index (χ0n) is 12.2. The van der Waals surface area contributed by atoms with Gasteiger partial charge < -0.3 is 14.8 Å². The highest BCUT2D eigenvalue weighted by Crippen LogP contribution is 2.37. The van der Waals surface area contributed by atoms with Crippen LogP contribution in [0.5, 0.6) is 11.5 Å². The maximum atomic E-state index is 6.21. The Kier molecular flexibility index (Phi) is 4.91. The molecule has 0 saturated heterocycles. The third-order valence-electron chi connectivity index (χ3n) is 3.81. The molecule has 2 aromatic rings. The van der Waals surface area contributed by atoms with E-state index in [9.17, 15) is 0 Å². The zero-order chi connectivity index (χ0) is 15.5. The van der Waals surface area contributed by atoms with Crippen molar-refractivity contribution in [2.24, 2.45) is 0 Å². The summed E-state index contributed by atoms with van der Waals surface area (Å²) in [6.07, 6.45) is 0.920. The molecular formula is C17H17BrClNO2. The summed E-state index contributed by atoms with van der Waals surface area (Å²) in [5.41, 5.74) is 2.24. The predicted octanol–water partition coefficient (Wildman–Crippen LogP) is 4.72. The fourth-order valence-corrected chi connectivity index (χ4v) is 3.36. The number of hydrogen-bond donors (Lipinski definition) is 1. The van der Waals surface area contributed by atoms with E-state index in [1.54, 1.807) is 7.11 Å². The first kappa shape index (κ1) is 15.7. The number of benzene rings is 2. The van der Waals surface area contributed by atoms with Crippen molar-refractivity contribution in [3.63, 3.8) is 0 Å². The van der Waals surface area contributed by atoms with E-state index < -0.39 is 0 Å². The largest absolute Gasteiger partial charge is 0.496 e. The highest BCUT2D eigenvalue weighted by molar-refractivity contribution is 9.10. The number of ether oxygens (including phenoxy) is 2. The lowest BCUT2D eigenvalue weighted by atomic mass is 10.00. The van der Waals surface area contributed by atoms with Gasteiger partial charge in [-0.2, -0.15) is 0 Å². The first-order chi connectivity index (χ1) is 10.7. The van der Waals surface area contributed by atoms with Crippen LogP contribution >= 0.6 is 27.5 Å². The number of nitrogens with one attached hydrogen (secondary N) is 1. The highest BCUT2D eigenvalue weighted by atomic mass is 79.9. The third kappa shape index (κ3) is 3.24. The summed E-state index contributed by atoms with van der Waals surface area (Å²) < 4.78 is 12.2. The van der Waals surface area contributed by atoms with E-state index in [1.807, 2.05) is 24.3 Å². The molecule has 0 fully saturated rings. The second-order valence-corrected chi connectivity index (χ2v) is 6.51. The summed E-state index contributed by atoms with van der Waals surface area (Å²) in [6.45, 7) is 1.39. The van der Waals surface area contributed by atoms with Gasteiger partial charge in [-0.1, -0.05) is 39.7 Å². The van der Waals surface area contributed by atoms with E-state index in [0.717, 1.165) is 40.1 Å². The van der Waals surface area contributed by atoms with Crippen molar-refractivity contribution in [1.82, 2.24) is 5.32 Å². The van der Waals surface area contributed by atoms with Gasteiger partial charge in [-0.25, -0.2) is 0 Å². The Balaban J connectivity index is 1.79. The predicted molar refractivity (Wildman–Crippen MR) is 91.8 cm³/mol. The van der Waals surface area contributed by atoms with E-state index >= 15 is 0 Å². The number of rotatable bonds is 4. The van der Waals surface area contributed by atoms with Crippen LogP contribution in [0.2, 0.25) is 5.02 Å². The number of hydrogen-bond acceptors (Lipinski definition) is 3. The van der Waals surface area contributed by atoms with Gasteiger partial charge >= 0.3 is 0 Å². The zero-order valence-corrected chi connectivity index (χ0v) is 14.6. The average molecular weight is 383 g/mol. The molecule has 0 spiro atoms. The van der Waals surface area contributed by atoms with Gasteiger partial charge in [-0.15, -0.1) is 0 Å². The summed E-state index contributed by atoms with van der Waals surface area (Å²) in [7, 11) is 1.69. The Bertz CT molecular complexity index is 678. The van der Waals surface area contributed by atoms with E-state index in [1.165, 1.54) is 0 Å². The Labute approximate surface area is 143 Å². The second kappa shape index (κ2) is 6.90. The van der Waals surface area contributed by atoms with Gasteiger partial charge in [0.25, 0.3) is 0 Å².